The Labute approximate surface area is 99.4 Å². The Bertz CT molecular complexity index is 55.8. The molecule has 0 saturated heterocycles. The average Bonchev–Trinajstić information content (AvgIpc) is 2.85. The van der Waals surface area contributed by atoms with Gasteiger partial charge in [0.05, 0.1) is 0 Å². The van der Waals surface area contributed by atoms with Gasteiger partial charge in [-0.3, -0.25) is 0 Å². The van der Waals surface area contributed by atoms with E-state index in [0.29, 0.717) is 0 Å². The predicted molar refractivity (Wildman–Crippen MR) is 57.9 cm³/mol. The molecule has 2 aliphatic rings. The molecule has 3 heteroatoms. The molecule has 0 unspecified atom stereocenters. The summed E-state index contributed by atoms with van der Waals surface area (Å²) in [5.41, 5.74) is 0. The summed E-state index contributed by atoms with van der Waals surface area (Å²) in [7, 11) is 9.78. The molecule has 0 aromatic carbocycles. The van der Waals surface area contributed by atoms with Gasteiger partial charge in [0, 0.05) is 0 Å². The summed E-state index contributed by atoms with van der Waals surface area (Å²) >= 11 is -0.556. The van der Waals surface area contributed by atoms with Gasteiger partial charge in [0.2, 0.25) is 0 Å². The molecular formula is C10H20Cl2Ti. The van der Waals surface area contributed by atoms with E-state index < -0.39 is 17.0 Å². The summed E-state index contributed by atoms with van der Waals surface area (Å²) in [6.07, 6.45) is 15.0. The third kappa shape index (κ3) is 13.3. The van der Waals surface area contributed by atoms with E-state index in [1.807, 2.05) is 0 Å². The van der Waals surface area contributed by atoms with Gasteiger partial charge in [-0.25, -0.2) is 0 Å². The molecule has 2 rings (SSSR count). The molecule has 2 aliphatic carbocycles. The van der Waals surface area contributed by atoms with Crippen LogP contribution in [0.2, 0.25) is 0 Å². The van der Waals surface area contributed by atoms with Crippen LogP contribution in [-0.4, -0.2) is 0 Å². The molecule has 78 valence electrons. The van der Waals surface area contributed by atoms with Gasteiger partial charge in [0.25, 0.3) is 0 Å². The molecule has 0 nitrogen and oxygen atoms in total. The van der Waals surface area contributed by atoms with Crippen LogP contribution in [0.5, 0.6) is 0 Å². The molecule has 0 bridgehead atoms. The molecule has 0 aromatic heterocycles. The van der Waals surface area contributed by atoms with Crippen LogP contribution in [0.3, 0.4) is 0 Å². The Balaban J connectivity index is 0.000000174. The topological polar surface area (TPSA) is 0 Å². The van der Waals surface area contributed by atoms with Crippen molar-refractivity contribution >= 4 is 18.6 Å². The van der Waals surface area contributed by atoms with Crippen LogP contribution in [0.25, 0.3) is 0 Å². The standard InChI is InChI=1S/2C5H10.2ClH.Ti/c2*1-2-4-5-3-1;;;/h2*1-5H2;2*1H;/q;;;;+2/p-2. The molecule has 13 heavy (non-hydrogen) atoms. The summed E-state index contributed by atoms with van der Waals surface area (Å²) in [5, 5.41) is 0. The summed E-state index contributed by atoms with van der Waals surface area (Å²) in [6, 6.07) is 0. The van der Waals surface area contributed by atoms with E-state index in [9.17, 15) is 0 Å². The molecular weight excluding hydrogens is 239 g/mol. The van der Waals surface area contributed by atoms with Gasteiger partial charge in [0.15, 0.2) is 0 Å². The SMILES string of the molecule is C1CCCC1.C1CCCC1.[Cl][Ti][Cl]. The first kappa shape index (κ1) is 14.3. The van der Waals surface area contributed by atoms with Crippen molar-refractivity contribution in [3.8, 4) is 0 Å². The Morgan fingerprint density at radius 3 is 0.615 bits per heavy atom. The number of hydrogen-bond acceptors (Lipinski definition) is 0. The van der Waals surface area contributed by atoms with Gasteiger partial charge in [-0.05, 0) is 0 Å². The van der Waals surface area contributed by atoms with Crippen molar-refractivity contribution in [3.63, 3.8) is 0 Å². The van der Waals surface area contributed by atoms with E-state index in [1.165, 1.54) is 64.2 Å². The van der Waals surface area contributed by atoms with E-state index in [2.05, 4.69) is 0 Å². The molecule has 0 spiro atoms. The molecule has 2 fully saturated rings. The fourth-order valence-electron chi connectivity index (χ4n) is 1.77. The first-order valence-electron chi connectivity index (χ1n) is 5.38. The Morgan fingerprint density at radius 1 is 0.462 bits per heavy atom. The molecule has 0 aliphatic heterocycles. The van der Waals surface area contributed by atoms with Crippen molar-refractivity contribution < 1.29 is 17.0 Å². The third-order valence-electron chi connectivity index (χ3n) is 2.50. The van der Waals surface area contributed by atoms with Crippen molar-refractivity contribution in [2.75, 3.05) is 0 Å². The van der Waals surface area contributed by atoms with Gasteiger partial charge >= 0.3 is 35.6 Å². The summed E-state index contributed by atoms with van der Waals surface area (Å²) in [4.78, 5) is 0. The predicted octanol–water partition coefficient (Wildman–Crippen LogP) is 5.28. The second kappa shape index (κ2) is 13.3. The molecule has 0 atom stereocenters. The minimum absolute atomic E-state index is 0.556. The number of halogens is 2. The zero-order valence-electron chi connectivity index (χ0n) is 8.33. The molecule has 0 N–H and O–H groups in total. The van der Waals surface area contributed by atoms with Gasteiger partial charge in [0.1, 0.15) is 0 Å². The second-order valence-corrected chi connectivity index (χ2v) is 6.19. The first-order chi connectivity index (χ1) is 6.41. The normalized spacial score (nSPS) is 19.5. The quantitative estimate of drug-likeness (QED) is 0.519. The summed E-state index contributed by atoms with van der Waals surface area (Å²) in [5.74, 6) is 0. The Morgan fingerprint density at radius 2 is 0.538 bits per heavy atom. The molecule has 2 saturated carbocycles. The zero-order chi connectivity index (χ0) is 9.78. The van der Waals surface area contributed by atoms with Crippen LogP contribution in [0.15, 0.2) is 0 Å². The number of hydrogen-bond donors (Lipinski definition) is 0. The van der Waals surface area contributed by atoms with Crippen molar-refractivity contribution in [1.29, 1.82) is 0 Å². The fraction of sp³-hybridized carbons (Fsp3) is 1.00. The summed E-state index contributed by atoms with van der Waals surface area (Å²) in [6.45, 7) is 0. The van der Waals surface area contributed by atoms with Crippen molar-refractivity contribution in [1.82, 2.24) is 0 Å². The molecule has 0 radical (unpaired) electrons. The van der Waals surface area contributed by atoms with Gasteiger partial charge < -0.3 is 0 Å². The Kier molecular flexibility index (Phi) is 14.6. The average molecular weight is 259 g/mol. The summed E-state index contributed by atoms with van der Waals surface area (Å²) < 4.78 is 0. The van der Waals surface area contributed by atoms with Crippen LogP contribution >= 0.6 is 18.6 Å². The minimum atomic E-state index is -0.556. The zero-order valence-corrected chi connectivity index (χ0v) is 11.4. The maximum atomic E-state index is 4.89. The van der Waals surface area contributed by atoms with Crippen LogP contribution < -0.4 is 0 Å². The van der Waals surface area contributed by atoms with E-state index >= 15 is 0 Å². The molecule has 0 heterocycles. The van der Waals surface area contributed by atoms with E-state index in [0.717, 1.165) is 0 Å². The second-order valence-electron chi connectivity index (χ2n) is 3.61. The van der Waals surface area contributed by atoms with Gasteiger partial charge in [-0.2, -0.15) is 0 Å². The van der Waals surface area contributed by atoms with Crippen molar-refractivity contribution in [2.45, 2.75) is 64.2 Å². The maximum absolute atomic E-state index is 4.89. The van der Waals surface area contributed by atoms with Crippen molar-refractivity contribution in [3.05, 3.63) is 0 Å². The van der Waals surface area contributed by atoms with E-state index in [1.54, 1.807) is 0 Å². The van der Waals surface area contributed by atoms with Gasteiger partial charge in [-0.15, -0.1) is 0 Å². The number of rotatable bonds is 0. The van der Waals surface area contributed by atoms with Crippen LogP contribution in [0.1, 0.15) is 64.2 Å². The Hall–Kier alpha value is 1.29. The van der Waals surface area contributed by atoms with Crippen LogP contribution in [-0.2, 0) is 17.0 Å². The van der Waals surface area contributed by atoms with E-state index in [4.69, 9.17) is 18.6 Å². The van der Waals surface area contributed by atoms with Gasteiger partial charge in [-0.1, -0.05) is 64.2 Å². The van der Waals surface area contributed by atoms with Crippen LogP contribution in [0.4, 0.5) is 0 Å². The molecule has 0 amide bonds. The third-order valence-corrected chi connectivity index (χ3v) is 2.50. The van der Waals surface area contributed by atoms with E-state index in [-0.39, 0.29) is 0 Å². The molecule has 0 aromatic rings. The fourth-order valence-corrected chi connectivity index (χ4v) is 1.77. The van der Waals surface area contributed by atoms with Crippen molar-refractivity contribution in [2.24, 2.45) is 0 Å². The first-order valence-corrected chi connectivity index (χ1v) is 9.68. The van der Waals surface area contributed by atoms with Crippen LogP contribution in [0, 0.1) is 0 Å². The monoisotopic (exact) mass is 258 g/mol.